The Labute approximate surface area is 890 Å². The summed E-state index contributed by atoms with van der Waals surface area (Å²) in [6.45, 7) is 21.1. The van der Waals surface area contributed by atoms with Crippen LogP contribution in [0.25, 0.3) is 54.5 Å². The minimum Gasteiger partial charge on any atom is -0.450 e. The molecule has 12 heterocycles. The number of nitrogens with zero attached hydrogens (tertiary/aromatic N) is 9. The molecule has 6 N–H and O–H groups in total. The summed E-state index contributed by atoms with van der Waals surface area (Å²) in [5.74, 6) is 0.402. The number of hydrogen-bond donors (Lipinski definition) is 6. The molecule has 0 radical (unpaired) electrons. The molecule has 6 aliphatic heterocycles. The van der Waals surface area contributed by atoms with E-state index in [4.69, 9.17) is 56.4 Å². The number of methoxy groups -OCH3 is 1. The molecule has 5 atom stereocenters. The second-order valence-electron chi connectivity index (χ2n) is 37.2. The highest BCUT2D eigenvalue weighted by atomic mass is 79.9. The third-order valence-electron chi connectivity index (χ3n) is 27.2. The Morgan fingerprint density at radius 3 is 1.17 bits per heavy atom. The van der Waals surface area contributed by atoms with Gasteiger partial charge in [0.15, 0.2) is 0 Å². The molecule has 6 aliphatic rings. The minimum atomic E-state index is -4.41. The number of allylic oxidation sites excluding steroid dienone is 2. The van der Waals surface area contributed by atoms with Crippen molar-refractivity contribution in [2.24, 2.45) is 0 Å². The van der Waals surface area contributed by atoms with Gasteiger partial charge in [0, 0.05) is 196 Å². The van der Waals surface area contributed by atoms with Crippen molar-refractivity contribution in [3.8, 4) is 0 Å². The molecule has 0 saturated carbocycles. The smallest absolute Gasteiger partial charge is 0.416 e. The standard InChI is InChI=1S/C26H28ClN3O4.C24H26BrN3O4.C21H18BrF3N2O2.C20H22BrN5O2.C20H25ClN2O2/c1-4-34-25(32)29-12-11-19-20-13-18(27)9-10-21(20)28-22(19)23(29)16-5-7-17(8-6-16)24(31)30-15-33-14-26(30,2)3;1-3-32-24(30)28-12-10-18-19-14-17(25)8-9-20(19)27-21(18)22(28)15-4-6-16(7-5-15)23(29)26-11-13-31-2;1-2-29-20(28)27-10-9-15-16-11-14(22)7-8-17(16)26-18(15)19(27)12-3-5-13(6-4-12)21(23,24)25;1-4-28-20(27)26-8-7-14-15-9-13(21)5-6-16(15)24-17(14)18(26)12-10-22-19(23-11-12)25(2)3;1-3-5-6-7-8-18-19-15(11-12-23(18)20(24)25-4-2)16-13-14(21)9-10-17(16)22-19/h5-10,13,23,28H,4,11-12,14-15H2,1-3H3;4-9,14,22,27H,3,10-13H2,1-2H3,(H,26,29);3-8,11,19,26H,2,9-10H2,1H3;5-6,9-11,18,24H,4,7-8H2,1-3H3;5-6,9-10,13,18,22H,3-4,7-8,11-12H2,1-2H3/b;;;;6-5+. The van der Waals surface area contributed by atoms with Gasteiger partial charge in [-0.3, -0.25) is 34.1 Å². The third kappa shape index (κ3) is 23.5. The number of nitrogens with one attached hydrogen (secondary N) is 6. The lowest BCUT2D eigenvalue weighted by molar-refractivity contribution is -0.137. The molecule has 0 aliphatic carbocycles. The van der Waals surface area contributed by atoms with Gasteiger partial charge in [-0.1, -0.05) is 126 Å². The normalized spacial score (nSPS) is 17.0. The molecule has 8 aromatic carbocycles. The number of hydrogen-bond acceptors (Lipinski definition) is 17. The van der Waals surface area contributed by atoms with Gasteiger partial charge >= 0.3 is 36.6 Å². The van der Waals surface area contributed by atoms with Crippen molar-refractivity contribution in [1.29, 1.82) is 0 Å². The lowest BCUT2D eigenvalue weighted by Gasteiger charge is -2.35. The van der Waals surface area contributed by atoms with Crippen LogP contribution < -0.4 is 10.2 Å². The Morgan fingerprint density at radius 1 is 0.466 bits per heavy atom. The lowest BCUT2D eigenvalue weighted by Crippen LogP contribution is -2.44. The van der Waals surface area contributed by atoms with Crippen LogP contribution in [-0.2, 0) is 71.4 Å². The summed E-state index contributed by atoms with van der Waals surface area (Å²) in [6, 6.07) is 48.2. The Kier molecular flexibility index (Phi) is 34.8. The Hall–Kier alpha value is -12.9. The average Bonchev–Trinajstić information content (AvgIpc) is 1.58. The molecule has 37 heteroatoms. The van der Waals surface area contributed by atoms with E-state index in [1.807, 2.05) is 161 Å². The van der Waals surface area contributed by atoms with Crippen molar-refractivity contribution in [2.75, 3.05) is 118 Å². The van der Waals surface area contributed by atoms with E-state index in [9.17, 15) is 46.7 Å². The molecule has 1 saturated heterocycles. The van der Waals surface area contributed by atoms with Crippen molar-refractivity contribution in [1.82, 2.24) is 69.6 Å². The van der Waals surface area contributed by atoms with Crippen LogP contribution >= 0.6 is 71.0 Å². The van der Waals surface area contributed by atoms with Crippen molar-refractivity contribution in [3.05, 3.63) is 307 Å². The van der Waals surface area contributed by atoms with Gasteiger partial charge in [-0.05, 0) is 272 Å². The summed E-state index contributed by atoms with van der Waals surface area (Å²) >= 11 is 23.1. The van der Waals surface area contributed by atoms with E-state index in [0.717, 1.165) is 169 Å². The highest BCUT2D eigenvalue weighted by molar-refractivity contribution is 9.11. The van der Waals surface area contributed by atoms with Gasteiger partial charge in [-0.15, -0.1) is 0 Å². The summed E-state index contributed by atoms with van der Waals surface area (Å²) in [7, 11) is 5.39. The number of benzene rings is 8. The topological polar surface area (TPSA) is 324 Å². The molecule has 0 spiro atoms. The number of amides is 7. The fourth-order valence-electron chi connectivity index (χ4n) is 20.3. The number of H-pyrrole nitrogens is 5. The summed E-state index contributed by atoms with van der Waals surface area (Å²) in [6.07, 6.45) is 8.27. The van der Waals surface area contributed by atoms with E-state index in [2.05, 4.69) is 125 Å². The number of carbonyl (C=O) groups is 7. The quantitative estimate of drug-likeness (QED) is 0.0249. The number of halogens is 8. The van der Waals surface area contributed by atoms with E-state index in [0.29, 0.717) is 119 Å². The summed E-state index contributed by atoms with van der Waals surface area (Å²) < 4.78 is 79.0. The van der Waals surface area contributed by atoms with Crippen LogP contribution in [0.5, 0.6) is 0 Å². The van der Waals surface area contributed by atoms with Crippen LogP contribution in [0.3, 0.4) is 0 Å². The SMILES string of the molecule is CC/C=C/CCC1c2[nH]c3ccc(Cl)cc3c2CCN1C(=O)OCC.CCOC(=O)N1CCc2c([nH]c3ccc(Br)cc23)C1c1ccc(C(=O)NCCOC)cc1.CCOC(=O)N1CCc2c([nH]c3ccc(Br)cc23)C1c1ccc(C(F)(F)F)cc1.CCOC(=O)N1CCc2c([nH]c3ccc(Br)cc23)C1c1cnc(N(C)C)nc1.CCOC(=O)N1CCc2c([nH]c3ccc(Cl)cc23)C1c1ccc(C(=O)N2COCC2(C)C)cc1. The Balaban J connectivity index is 0.000000132. The lowest BCUT2D eigenvalue weighted by atomic mass is 9.92. The highest BCUT2D eigenvalue weighted by Gasteiger charge is 2.44. The molecule has 29 nitrogen and oxygen atoms in total. The van der Waals surface area contributed by atoms with Gasteiger partial charge in [0.05, 0.1) is 63.4 Å². The number of anilines is 1. The van der Waals surface area contributed by atoms with Crippen LogP contribution in [-0.4, -0.2) is 226 Å². The van der Waals surface area contributed by atoms with Gasteiger partial charge in [0.1, 0.15) is 30.9 Å². The third-order valence-corrected chi connectivity index (χ3v) is 29.2. The van der Waals surface area contributed by atoms with Crippen LogP contribution in [0.4, 0.5) is 43.1 Å². The van der Waals surface area contributed by atoms with Crippen molar-refractivity contribution in [2.45, 2.75) is 149 Å². The number of carbonyl (C=O) groups excluding carboxylic acids is 7. The monoisotopic (exact) mass is 2250 g/mol. The molecule has 1 fully saturated rings. The first-order chi connectivity index (χ1) is 71.3. The first kappa shape index (κ1) is 108. The number of fused-ring (bicyclic) bond motifs is 15. The number of aromatic nitrogens is 7. The number of rotatable bonds is 19. The molecule has 6 aromatic heterocycles. The van der Waals surface area contributed by atoms with Gasteiger partial charge in [-0.25, -0.2) is 33.9 Å². The largest absolute Gasteiger partial charge is 0.450 e. The molecule has 0 bridgehead atoms. The number of ether oxygens (including phenoxy) is 7. The van der Waals surface area contributed by atoms with Crippen LogP contribution in [0.1, 0.15) is 210 Å². The van der Waals surface area contributed by atoms with Crippen molar-refractivity contribution < 1.29 is 79.9 Å². The maximum absolute atomic E-state index is 13.1. The summed E-state index contributed by atoms with van der Waals surface area (Å²) in [5, 5.41) is 9.83. The van der Waals surface area contributed by atoms with E-state index in [-0.39, 0.29) is 79.2 Å². The molecular weight excluding hydrogens is 2130 g/mol. The predicted octanol–water partition coefficient (Wildman–Crippen LogP) is 25.1. The predicted molar refractivity (Wildman–Crippen MR) is 577 cm³/mol. The van der Waals surface area contributed by atoms with Crippen LogP contribution in [0.2, 0.25) is 10.0 Å². The fraction of sp³-hybridized carbons (Fsp3) is 0.360. The van der Waals surface area contributed by atoms with Gasteiger partial charge in [0.25, 0.3) is 11.8 Å². The molecule has 5 unspecified atom stereocenters. The van der Waals surface area contributed by atoms with Crippen molar-refractivity contribution in [3.63, 3.8) is 0 Å². The van der Waals surface area contributed by atoms with Crippen LogP contribution in [0, 0.1) is 0 Å². The molecule has 7 amide bonds. The first-order valence-electron chi connectivity index (χ1n) is 49.6. The van der Waals surface area contributed by atoms with Gasteiger partial charge < -0.3 is 73.2 Å². The minimum absolute atomic E-state index is 0.00971. The molecule has 20 rings (SSSR count). The van der Waals surface area contributed by atoms with E-state index >= 15 is 0 Å². The van der Waals surface area contributed by atoms with Gasteiger partial charge in [0.2, 0.25) is 5.95 Å². The second kappa shape index (κ2) is 47.7. The van der Waals surface area contributed by atoms with E-state index in [1.54, 1.807) is 76.9 Å². The zero-order chi connectivity index (χ0) is 105. The Bertz CT molecular complexity index is 7200. The zero-order valence-corrected chi connectivity index (χ0v) is 90.4. The molecular formula is C111H119Br3Cl2F3N15O14. The number of aromatic amines is 5. The maximum Gasteiger partial charge on any atom is 0.416 e. The first-order valence-corrected chi connectivity index (χ1v) is 52.8. The second-order valence-corrected chi connectivity index (χ2v) is 40.8. The Morgan fingerprint density at radius 2 is 0.811 bits per heavy atom. The molecule has 778 valence electrons. The maximum atomic E-state index is 13.1. The van der Waals surface area contributed by atoms with E-state index < -0.39 is 23.9 Å². The van der Waals surface area contributed by atoms with Crippen LogP contribution in [0.15, 0.2) is 202 Å². The molecule has 148 heavy (non-hydrogen) atoms. The zero-order valence-electron chi connectivity index (χ0n) is 84.1. The van der Waals surface area contributed by atoms with Gasteiger partial charge in [-0.2, -0.15) is 13.2 Å². The number of alkyl halides is 3. The molecule has 14 aromatic rings. The highest BCUT2D eigenvalue weighted by Crippen LogP contribution is 2.47. The average molecular weight is 2250 g/mol. The summed E-state index contributed by atoms with van der Waals surface area (Å²) in [5.41, 5.74) is 19.2. The summed E-state index contributed by atoms with van der Waals surface area (Å²) in [4.78, 5) is 127. The van der Waals surface area contributed by atoms with E-state index in [1.165, 1.54) is 39.6 Å². The fourth-order valence-corrected chi connectivity index (χ4v) is 21.8. The van der Waals surface area contributed by atoms with Crippen molar-refractivity contribution >= 4 is 174 Å².